The molecule has 0 spiro atoms. The molecule has 0 radical (unpaired) electrons. The minimum Gasteiger partial charge on any atom is -0.364 e. The number of pyridine rings is 1. The molecule has 0 saturated carbocycles. The summed E-state index contributed by atoms with van der Waals surface area (Å²) in [5.74, 6) is 0.638. The monoisotopic (exact) mass is 378 g/mol. The Morgan fingerprint density at radius 2 is 2.12 bits per heavy atom. The van der Waals surface area contributed by atoms with E-state index in [1.54, 1.807) is 0 Å². The number of hydrogen-bond acceptors (Lipinski definition) is 4. The Hall–Kier alpha value is -1.59. The second-order valence-corrected chi connectivity index (χ2v) is 9.68. The normalized spacial score (nSPS) is 20.8. The van der Waals surface area contributed by atoms with Crippen LogP contribution in [0.4, 0.5) is 5.69 Å². The Kier molecular flexibility index (Phi) is 4.82. The zero-order valence-corrected chi connectivity index (χ0v) is 16.3. The minimum atomic E-state index is -3.00. The van der Waals surface area contributed by atoms with Gasteiger partial charge < -0.3 is 4.90 Å². The molecule has 3 rings (SSSR count). The van der Waals surface area contributed by atoms with Gasteiger partial charge in [0.2, 0.25) is 0 Å². The van der Waals surface area contributed by atoms with E-state index in [1.807, 2.05) is 18.3 Å². The third kappa shape index (κ3) is 3.53. The first kappa shape index (κ1) is 18.2. The Morgan fingerprint density at radius 1 is 1.40 bits per heavy atom. The lowest BCUT2D eigenvalue weighted by Gasteiger charge is -2.48. The van der Waals surface area contributed by atoms with Gasteiger partial charge in [0, 0.05) is 36.0 Å². The van der Waals surface area contributed by atoms with E-state index in [9.17, 15) is 8.42 Å². The lowest BCUT2D eigenvalue weighted by molar-refractivity contribution is 0.373. The van der Waals surface area contributed by atoms with Gasteiger partial charge in [0.25, 0.3) is 0 Å². The van der Waals surface area contributed by atoms with Crippen LogP contribution in [0.15, 0.2) is 37.1 Å². The Labute approximate surface area is 154 Å². The smallest absolute Gasteiger partial charge is 0.147 e. The summed E-state index contributed by atoms with van der Waals surface area (Å²) in [6, 6.07) is 6.15. The Bertz CT molecular complexity index is 924. The van der Waals surface area contributed by atoms with Crippen molar-refractivity contribution in [1.29, 1.82) is 0 Å². The summed E-state index contributed by atoms with van der Waals surface area (Å²) in [5.41, 5.74) is 2.28. The molecule has 1 aromatic carbocycles. The fraction of sp³-hybridized carbons (Fsp3) is 0.421. The maximum atomic E-state index is 11.6. The van der Waals surface area contributed by atoms with Crippen LogP contribution in [0.3, 0.4) is 0 Å². The molecule has 25 heavy (non-hydrogen) atoms. The average molecular weight is 379 g/mol. The molecule has 1 fully saturated rings. The van der Waals surface area contributed by atoms with Crippen LogP contribution in [0.1, 0.15) is 25.3 Å². The molecule has 6 heteroatoms. The van der Waals surface area contributed by atoms with Gasteiger partial charge in [0.15, 0.2) is 0 Å². The fourth-order valence-corrected chi connectivity index (χ4v) is 4.93. The lowest BCUT2D eigenvalue weighted by atomic mass is 9.87. The van der Waals surface area contributed by atoms with Gasteiger partial charge in [-0.3, -0.25) is 0 Å². The highest BCUT2D eigenvalue weighted by Crippen LogP contribution is 2.39. The quantitative estimate of drug-likeness (QED) is 0.581. The van der Waals surface area contributed by atoms with E-state index in [0.717, 1.165) is 16.5 Å². The number of halogens is 1. The van der Waals surface area contributed by atoms with Crippen molar-refractivity contribution in [2.45, 2.75) is 25.8 Å². The predicted octanol–water partition coefficient (Wildman–Crippen LogP) is 4.05. The van der Waals surface area contributed by atoms with Crippen molar-refractivity contribution < 1.29 is 8.42 Å². The van der Waals surface area contributed by atoms with Crippen LogP contribution >= 0.6 is 11.6 Å². The molecule has 0 unspecified atom stereocenters. The summed E-state index contributed by atoms with van der Waals surface area (Å²) >= 11 is 6.12. The first-order valence-electron chi connectivity index (χ1n) is 8.36. The van der Waals surface area contributed by atoms with Gasteiger partial charge >= 0.3 is 0 Å². The number of nitrogens with zero attached hydrogens (tertiary/aromatic N) is 2. The van der Waals surface area contributed by atoms with E-state index in [4.69, 9.17) is 11.6 Å². The van der Waals surface area contributed by atoms with Crippen LogP contribution in [0.25, 0.3) is 10.8 Å². The maximum Gasteiger partial charge on any atom is 0.147 e. The molecule has 1 aliphatic heterocycles. The second kappa shape index (κ2) is 6.61. The minimum absolute atomic E-state index is 0.0125. The van der Waals surface area contributed by atoms with Crippen LogP contribution in [-0.2, 0) is 9.84 Å². The zero-order valence-electron chi connectivity index (χ0n) is 14.7. The summed E-state index contributed by atoms with van der Waals surface area (Å²) in [6.07, 6.45) is 4.93. The van der Waals surface area contributed by atoms with Crippen LogP contribution < -0.4 is 4.90 Å². The second-order valence-electron chi connectivity index (χ2n) is 7.11. The number of aromatic nitrogens is 1. The highest BCUT2D eigenvalue weighted by atomic mass is 35.5. The number of fused-ring (bicyclic) bond motifs is 1. The van der Waals surface area contributed by atoms with Gasteiger partial charge in [-0.15, -0.1) is 6.58 Å². The average Bonchev–Trinajstić information content (AvgIpc) is 2.49. The number of rotatable bonds is 5. The largest absolute Gasteiger partial charge is 0.364 e. The molecular weight excluding hydrogens is 356 g/mol. The number of benzene rings is 1. The fourth-order valence-electron chi connectivity index (χ4n) is 3.69. The topological polar surface area (TPSA) is 50.3 Å². The van der Waals surface area contributed by atoms with Gasteiger partial charge in [-0.2, -0.15) is 0 Å². The summed E-state index contributed by atoms with van der Waals surface area (Å²) in [5, 5.41) is 2.62. The van der Waals surface area contributed by atoms with Crippen molar-refractivity contribution in [3.8, 4) is 0 Å². The first-order chi connectivity index (χ1) is 11.7. The molecule has 1 aliphatic rings. The summed E-state index contributed by atoms with van der Waals surface area (Å²) in [7, 11) is -3.00. The summed E-state index contributed by atoms with van der Waals surface area (Å²) in [6.45, 7) is 8.91. The molecular formula is C19H23ClN2O2S. The van der Waals surface area contributed by atoms with Crippen molar-refractivity contribution in [1.82, 2.24) is 4.98 Å². The van der Waals surface area contributed by atoms with Crippen molar-refractivity contribution >= 4 is 37.9 Å². The van der Waals surface area contributed by atoms with Gasteiger partial charge in [-0.25, -0.2) is 13.4 Å². The van der Waals surface area contributed by atoms with Crippen molar-refractivity contribution in [2.24, 2.45) is 5.92 Å². The van der Waals surface area contributed by atoms with Gasteiger partial charge in [0.1, 0.15) is 15.0 Å². The van der Waals surface area contributed by atoms with E-state index in [0.29, 0.717) is 17.6 Å². The Morgan fingerprint density at radius 3 is 2.72 bits per heavy atom. The van der Waals surface area contributed by atoms with Gasteiger partial charge in [0.05, 0.1) is 11.8 Å². The molecule has 0 amide bonds. The van der Waals surface area contributed by atoms with Crippen LogP contribution in [0.2, 0.25) is 5.15 Å². The SMILES string of the molecule is C=C[C@@H]1[C@@H](CS(C)(=O)=O)CN1c1ccc(C(C)C)c2cc(Cl)ncc12. The molecule has 1 saturated heterocycles. The highest BCUT2D eigenvalue weighted by molar-refractivity contribution is 7.90. The van der Waals surface area contributed by atoms with E-state index >= 15 is 0 Å². The van der Waals surface area contributed by atoms with E-state index in [1.165, 1.54) is 11.8 Å². The Balaban J connectivity index is 2.03. The zero-order chi connectivity index (χ0) is 18.4. The molecule has 2 aromatic rings. The standard InChI is InChI=1S/C19H23ClN2O2S/c1-5-17-13(11-25(4,23)24)10-22(17)18-7-6-14(12(2)3)15-8-19(20)21-9-16(15)18/h5-9,12-13,17H,1,10-11H2,2-4H3/t13-,17-/m1/s1. The first-order valence-corrected chi connectivity index (χ1v) is 10.8. The molecule has 2 atom stereocenters. The number of hydrogen-bond donors (Lipinski definition) is 0. The molecule has 2 heterocycles. The van der Waals surface area contributed by atoms with Crippen molar-refractivity contribution in [2.75, 3.05) is 23.5 Å². The molecule has 1 aromatic heterocycles. The predicted molar refractivity (Wildman–Crippen MR) is 105 cm³/mol. The van der Waals surface area contributed by atoms with Gasteiger partial charge in [-0.05, 0) is 29.0 Å². The number of sulfone groups is 1. The third-order valence-electron chi connectivity index (χ3n) is 4.84. The van der Waals surface area contributed by atoms with Crippen LogP contribution in [0, 0.1) is 5.92 Å². The van der Waals surface area contributed by atoms with Gasteiger partial charge in [-0.1, -0.05) is 37.6 Å². The molecule has 4 nitrogen and oxygen atoms in total. The molecule has 0 N–H and O–H groups in total. The van der Waals surface area contributed by atoms with Crippen molar-refractivity contribution in [3.63, 3.8) is 0 Å². The lowest BCUT2D eigenvalue weighted by Crippen LogP contribution is -2.57. The van der Waals surface area contributed by atoms with Crippen LogP contribution in [0.5, 0.6) is 0 Å². The van der Waals surface area contributed by atoms with E-state index in [-0.39, 0.29) is 17.7 Å². The number of anilines is 1. The van der Waals surface area contributed by atoms with E-state index in [2.05, 4.69) is 42.4 Å². The molecule has 0 bridgehead atoms. The summed E-state index contributed by atoms with van der Waals surface area (Å²) < 4.78 is 23.3. The summed E-state index contributed by atoms with van der Waals surface area (Å²) in [4.78, 5) is 6.45. The third-order valence-corrected chi connectivity index (χ3v) is 6.08. The van der Waals surface area contributed by atoms with E-state index < -0.39 is 9.84 Å². The van der Waals surface area contributed by atoms with Crippen molar-refractivity contribution in [3.05, 3.63) is 47.8 Å². The van der Waals surface area contributed by atoms with Crippen LogP contribution in [-0.4, -0.2) is 38.0 Å². The molecule has 0 aliphatic carbocycles. The highest BCUT2D eigenvalue weighted by Gasteiger charge is 2.39. The molecule has 134 valence electrons. The maximum absolute atomic E-state index is 11.6.